The first kappa shape index (κ1) is 24.3. The van der Waals surface area contributed by atoms with Crippen molar-refractivity contribution in [1.29, 1.82) is 0 Å². The number of rotatable bonds is 6. The number of hydrogen-bond acceptors (Lipinski definition) is 8. The summed E-state index contributed by atoms with van der Waals surface area (Å²) in [5.41, 5.74) is 8.43. The van der Waals surface area contributed by atoms with Crippen molar-refractivity contribution < 1.29 is 9.59 Å². The lowest BCUT2D eigenvalue weighted by Crippen LogP contribution is -2.50. The Labute approximate surface area is 215 Å². The number of hydrogen-bond donors (Lipinski definition) is 4. The molecule has 5 rings (SSSR count). The molecule has 2 aromatic carbocycles. The van der Waals surface area contributed by atoms with Crippen LogP contribution >= 0.6 is 0 Å². The molecule has 37 heavy (non-hydrogen) atoms. The zero-order valence-corrected chi connectivity index (χ0v) is 20.6. The van der Waals surface area contributed by atoms with E-state index in [0.29, 0.717) is 43.4 Å². The topological polar surface area (TPSA) is 132 Å². The standard InChI is InChI=1S/C26H31N9O2/c27-24(36)19-1-3-21(4-2-19)31-26(37)35-17-15-34(16-18-35)23-9-10-29-25(32-23)30-20-5-7-22(8-6-20)33-13-11-28-12-14-33/h1-10,28H,11-18H2,(H2,27,36)(H,31,37)(H,29,30,32). The molecule has 3 amide bonds. The molecular formula is C26H31N9O2. The molecule has 0 aliphatic carbocycles. The third-order valence-electron chi connectivity index (χ3n) is 6.56. The molecule has 11 nitrogen and oxygen atoms in total. The fourth-order valence-corrected chi connectivity index (χ4v) is 4.45. The van der Waals surface area contributed by atoms with Crippen LogP contribution < -0.4 is 31.5 Å². The van der Waals surface area contributed by atoms with Gasteiger partial charge in [0.05, 0.1) is 0 Å². The molecule has 2 aliphatic heterocycles. The number of carbonyl (C=O) groups is 2. The van der Waals surface area contributed by atoms with Crippen molar-refractivity contribution in [2.45, 2.75) is 0 Å². The maximum absolute atomic E-state index is 12.7. The highest BCUT2D eigenvalue weighted by molar-refractivity contribution is 5.94. The van der Waals surface area contributed by atoms with Gasteiger partial charge in [-0.05, 0) is 54.6 Å². The second kappa shape index (κ2) is 11.1. The number of primary amides is 1. The number of aromatic nitrogens is 2. The Balaban J connectivity index is 1.14. The number of benzene rings is 2. The summed E-state index contributed by atoms with van der Waals surface area (Å²) in [4.78, 5) is 39.2. The van der Waals surface area contributed by atoms with Crippen LogP contribution in [0.25, 0.3) is 0 Å². The number of carbonyl (C=O) groups excluding carboxylic acids is 2. The van der Waals surface area contributed by atoms with Gasteiger partial charge in [0.1, 0.15) is 5.82 Å². The third kappa shape index (κ3) is 6.07. The highest BCUT2D eigenvalue weighted by Crippen LogP contribution is 2.22. The summed E-state index contributed by atoms with van der Waals surface area (Å²) in [6.45, 7) is 6.47. The first-order chi connectivity index (χ1) is 18.0. The molecule has 0 bridgehead atoms. The minimum Gasteiger partial charge on any atom is -0.369 e. The molecule has 2 aliphatic rings. The average Bonchev–Trinajstić information content (AvgIpc) is 2.94. The van der Waals surface area contributed by atoms with E-state index in [1.54, 1.807) is 35.4 Å². The van der Waals surface area contributed by atoms with E-state index < -0.39 is 5.91 Å². The molecule has 0 atom stereocenters. The number of piperazine rings is 2. The monoisotopic (exact) mass is 501 g/mol. The summed E-state index contributed by atoms with van der Waals surface area (Å²) in [6.07, 6.45) is 1.74. The molecule has 5 N–H and O–H groups in total. The fourth-order valence-electron chi connectivity index (χ4n) is 4.45. The van der Waals surface area contributed by atoms with Gasteiger partial charge in [0, 0.05) is 81.2 Å². The van der Waals surface area contributed by atoms with Crippen LogP contribution in [0.4, 0.5) is 33.6 Å². The number of nitrogens with one attached hydrogen (secondary N) is 3. The van der Waals surface area contributed by atoms with E-state index in [-0.39, 0.29) is 6.03 Å². The van der Waals surface area contributed by atoms with Crippen LogP contribution in [0, 0.1) is 0 Å². The van der Waals surface area contributed by atoms with E-state index in [1.165, 1.54) is 5.69 Å². The Morgan fingerprint density at radius 1 is 0.811 bits per heavy atom. The van der Waals surface area contributed by atoms with Crippen molar-refractivity contribution in [1.82, 2.24) is 20.2 Å². The summed E-state index contributed by atoms with van der Waals surface area (Å²) in [7, 11) is 0. The number of anilines is 5. The highest BCUT2D eigenvalue weighted by Gasteiger charge is 2.22. The largest absolute Gasteiger partial charge is 0.369 e. The van der Waals surface area contributed by atoms with Crippen LogP contribution in [0.2, 0.25) is 0 Å². The molecular weight excluding hydrogens is 470 g/mol. The maximum atomic E-state index is 12.7. The van der Waals surface area contributed by atoms with Crippen molar-refractivity contribution in [3.8, 4) is 0 Å². The van der Waals surface area contributed by atoms with Gasteiger partial charge in [-0.2, -0.15) is 4.98 Å². The van der Waals surface area contributed by atoms with Gasteiger partial charge in [0.15, 0.2) is 0 Å². The van der Waals surface area contributed by atoms with Crippen molar-refractivity contribution in [3.05, 3.63) is 66.4 Å². The van der Waals surface area contributed by atoms with Crippen molar-refractivity contribution in [2.75, 3.05) is 72.8 Å². The molecule has 11 heteroatoms. The van der Waals surface area contributed by atoms with E-state index in [4.69, 9.17) is 10.7 Å². The molecule has 2 fully saturated rings. The minimum atomic E-state index is -0.499. The van der Waals surface area contributed by atoms with Gasteiger partial charge in [-0.25, -0.2) is 9.78 Å². The zero-order valence-electron chi connectivity index (χ0n) is 20.6. The number of amides is 3. The molecule has 3 heterocycles. The SMILES string of the molecule is NC(=O)c1ccc(NC(=O)N2CCN(c3ccnc(Nc4ccc(N5CCNCC5)cc4)n3)CC2)cc1. The molecule has 192 valence electrons. The van der Waals surface area contributed by atoms with Gasteiger partial charge in [0.2, 0.25) is 11.9 Å². The van der Waals surface area contributed by atoms with Crippen LogP contribution in [0.1, 0.15) is 10.4 Å². The minimum absolute atomic E-state index is 0.180. The average molecular weight is 502 g/mol. The van der Waals surface area contributed by atoms with Gasteiger partial charge in [-0.15, -0.1) is 0 Å². The molecule has 0 unspecified atom stereocenters. The van der Waals surface area contributed by atoms with Crippen molar-refractivity contribution in [3.63, 3.8) is 0 Å². The van der Waals surface area contributed by atoms with Gasteiger partial charge in [0.25, 0.3) is 0 Å². The van der Waals surface area contributed by atoms with E-state index in [2.05, 4.69) is 42.9 Å². The number of nitrogens with two attached hydrogens (primary N) is 1. The van der Waals surface area contributed by atoms with Crippen LogP contribution in [0.3, 0.4) is 0 Å². The molecule has 0 radical (unpaired) electrons. The Morgan fingerprint density at radius 2 is 1.49 bits per heavy atom. The van der Waals surface area contributed by atoms with Crippen LogP contribution in [0.5, 0.6) is 0 Å². The van der Waals surface area contributed by atoms with E-state index in [0.717, 1.165) is 37.7 Å². The molecule has 1 aromatic heterocycles. The zero-order chi connectivity index (χ0) is 25.6. The van der Waals surface area contributed by atoms with Gasteiger partial charge in [-0.1, -0.05) is 0 Å². The first-order valence-electron chi connectivity index (χ1n) is 12.4. The summed E-state index contributed by atoms with van der Waals surface area (Å²) >= 11 is 0. The molecule has 0 spiro atoms. The highest BCUT2D eigenvalue weighted by atomic mass is 16.2. The second-order valence-corrected chi connectivity index (χ2v) is 8.99. The van der Waals surface area contributed by atoms with Crippen LogP contribution in [0.15, 0.2) is 60.8 Å². The predicted molar refractivity (Wildman–Crippen MR) is 145 cm³/mol. The lowest BCUT2D eigenvalue weighted by atomic mass is 10.2. The molecule has 0 saturated carbocycles. The van der Waals surface area contributed by atoms with Crippen molar-refractivity contribution >= 4 is 40.8 Å². The summed E-state index contributed by atoms with van der Waals surface area (Å²) in [6, 6.07) is 16.6. The summed E-state index contributed by atoms with van der Waals surface area (Å²) in [5, 5.41) is 9.54. The van der Waals surface area contributed by atoms with E-state index >= 15 is 0 Å². The summed E-state index contributed by atoms with van der Waals surface area (Å²) in [5.74, 6) is 0.852. The quantitative estimate of drug-likeness (QED) is 0.404. The summed E-state index contributed by atoms with van der Waals surface area (Å²) < 4.78 is 0. The third-order valence-corrected chi connectivity index (χ3v) is 6.56. The Kier molecular flexibility index (Phi) is 7.31. The normalized spacial score (nSPS) is 15.8. The van der Waals surface area contributed by atoms with Gasteiger partial charge < -0.3 is 36.4 Å². The van der Waals surface area contributed by atoms with E-state index in [1.807, 2.05) is 18.2 Å². The smallest absolute Gasteiger partial charge is 0.321 e. The lowest BCUT2D eigenvalue weighted by molar-refractivity contribution is 0.100. The maximum Gasteiger partial charge on any atom is 0.321 e. The van der Waals surface area contributed by atoms with Crippen molar-refractivity contribution in [2.24, 2.45) is 5.73 Å². The fraction of sp³-hybridized carbons (Fsp3) is 0.308. The van der Waals surface area contributed by atoms with Gasteiger partial charge in [-0.3, -0.25) is 4.79 Å². The Bertz CT molecular complexity index is 1220. The Hall–Kier alpha value is -4.38. The van der Waals surface area contributed by atoms with Crippen LogP contribution in [-0.2, 0) is 0 Å². The van der Waals surface area contributed by atoms with E-state index in [9.17, 15) is 9.59 Å². The lowest BCUT2D eigenvalue weighted by Gasteiger charge is -2.35. The second-order valence-electron chi connectivity index (χ2n) is 8.99. The first-order valence-corrected chi connectivity index (χ1v) is 12.4. The Morgan fingerprint density at radius 3 is 2.16 bits per heavy atom. The number of nitrogens with zero attached hydrogens (tertiary/aromatic N) is 5. The molecule has 2 saturated heterocycles. The van der Waals surface area contributed by atoms with Gasteiger partial charge >= 0.3 is 6.03 Å². The number of urea groups is 1. The van der Waals surface area contributed by atoms with Crippen LogP contribution in [-0.4, -0.2) is 79.2 Å². The predicted octanol–water partition coefficient (Wildman–Crippen LogP) is 2.08. The molecule has 3 aromatic rings.